The summed E-state index contributed by atoms with van der Waals surface area (Å²) in [5, 5.41) is 6.85. The van der Waals surface area contributed by atoms with Crippen molar-refractivity contribution in [3.05, 3.63) is 29.2 Å². The SMILES string of the molecule is CCOC(=O)C1=NN(N=O)[C@H]2C(=O)N(c3cccc(OC)c3)C(=O)[C@@H]12. The van der Waals surface area contributed by atoms with E-state index in [0.717, 1.165) is 4.90 Å². The average molecular weight is 346 g/mol. The molecule has 0 N–H and O–H groups in total. The largest absolute Gasteiger partial charge is 0.497 e. The van der Waals surface area contributed by atoms with Crippen LogP contribution in [0.25, 0.3) is 0 Å². The maximum absolute atomic E-state index is 12.8. The summed E-state index contributed by atoms with van der Waals surface area (Å²) in [4.78, 5) is 49.4. The Kier molecular flexibility index (Phi) is 4.17. The zero-order valence-electron chi connectivity index (χ0n) is 13.4. The molecule has 0 aliphatic carbocycles. The van der Waals surface area contributed by atoms with Crippen molar-refractivity contribution < 1.29 is 23.9 Å². The minimum atomic E-state index is -1.30. The number of carbonyl (C=O) groups is 3. The van der Waals surface area contributed by atoms with Gasteiger partial charge in [0.25, 0.3) is 5.91 Å². The highest BCUT2D eigenvalue weighted by Crippen LogP contribution is 2.36. The minimum absolute atomic E-state index is 0.0610. The summed E-state index contributed by atoms with van der Waals surface area (Å²) in [6, 6.07) is 5.00. The van der Waals surface area contributed by atoms with Crippen molar-refractivity contribution >= 4 is 29.2 Å². The predicted octanol–water partition coefficient (Wildman–Crippen LogP) is 0.469. The molecule has 2 aliphatic heterocycles. The number of carbonyl (C=O) groups excluding carboxylic acids is 3. The number of rotatable bonds is 5. The first-order valence-electron chi connectivity index (χ1n) is 7.43. The van der Waals surface area contributed by atoms with Gasteiger partial charge in [0.15, 0.2) is 11.8 Å². The van der Waals surface area contributed by atoms with Crippen LogP contribution in [0.3, 0.4) is 0 Å². The van der Waals surface area contributed by atoms with Crippen LogP contribution < -0.4 is 9.64 Å². The second-order valence-corrected chi connectivity index (χ2v) is 5.24. The van der Waals surface area contributed by atoms with Crippen molar-refractivity contribution in [3.8, 4) is 5.75 Å². The summed E-state index contributed by atoms with van der Waals surface area (Å²) in [6.07, 6.45) is 0. The Morgan fingerprint density at radius 1 is 1.32 bits per heavy atom. The smallest absolute Gasteiger partial charge is 0.355 e. The minimum Gasteiger partial charge on any atom is -0.497 e. The summed E-state index contributed by atoms with van der Waals surface area (Å²) in [5.74, 6) is -3.04. The Morgan fingerprint density at radius 2 is 2.08 bits per heavy atom. The van der Waals surface area contributed by atoms with E-state index in [4.69, 9.17) is 9.47 Å². The molecule has 0 spiro atoms. The number of benzene rings is 1. The number of anilines is 1. The lowest BCUT2D eigenvalue weighted by Gasteiger charge is -2.17. The summed E-state index contributed by atoms with van der Waals surface area (Å²) in [7, 11) is 1.45. The lowest BCUT2D eigenvalue weighted by molar-refractivity contribution is -0.136. The molecule has 25 heavy (non-hydrogen) atoms. The van der Waals surface area contributed by atoms with Gasteiger partial charge in [-0.25, -0.2) is 9.69 Å². The molecule has 3 rings (SSSR count). The predicted molar refractivity (Wildman–Crippen MR) is 84.5 cm³/mol. The van der Waals surface area contributed by atoms with Gasteiger partial charge in [-0.2, -0.15) is 0 Å². The molecule has 130 valence electrons. The van der Waals surface area contributed by atoms with E-state index in [2.05, 4.69) is 10.4 Å². The third-order valence-electron chi connectivity index (χ3n) is 3.91. The number of esters is 1. The van der Waals surface area contributed by atoms with Crippen LogP contribution >= 0.6 is 0 Å². The van der Waals surface area contributed by atoms with Crippen molar-refractivity contribution in [2.24, 2.45) is 16.3 Å². The maximum Gasteiger partial charge on any atom is 0.355 e. The molecule has 2 aliphatic rings. The fraction of sp³-hybridized carbons (Fsp3) is 0.333. The van der Waals surface area contributed by atoms with Gasteiger partial charge in [0.05, 0.1) is 24.7 Å². The Labute approximate surface area is 141 Å². The number of methoxy groups -OCH3 is 1. The molecule has 0 unspecified atom stereocenters. The third kappa shape index (κ3) is 2.51. The molecular formula is C15H14N4O6. The number of amides is 2. The summed E-state index contributed by atoms with van der Waals surface area (Å²) >= 11 is 0. The molecule has 1 aromatic carbocycles. The average Bonchev–Trinajstić information content (AvgIpc) is 3.12. The van der Waals surface area contributed by atoms with Crippen LogP contribution in [0.1, 0.15) is 6.92 Å². The number of imide groups is 1. The van der Waals surface area contributed by atoms with Crippen LogP contribution in [0, 0.1) is 10.8 Å². The molecule has 0 radical (unpaired) electrons. The molecule has 2 heterocycles. The molecule has 1 aromatic rings. The molecule has 0 bridgehead atoms. The number of nitroso groups, excluding NO2 is 1. The van der Waals surface area contributed by atoms with E-state index in [0.29, 0.717) is 10.9 Å². The maximum atomic E-state index is 12.8. The Morgan fingerprint density at radius 3 is 2.72 bits per heavy atom. The van der Waals surface area contributed by atoms with Gasteiger partial charge in [0.2, 0.25) is 5.91 Å². The normalized spacial score (nSPS) is 21.9. The molecule has 1 saturated heterocycles. The van der Waals surface area contributed by atoms with E-state index in [1.165, 1.54) is 13.2 Å². The number of hydrogen-bond acceptors (Lipinski definition) is 8. The standard InChI is InChI=1S/C15H14N4O6/c1-3-25-15(22)11-10-12(19(16-11)17-23)14(21)18(13(10)20)8-5-4-6-9(7-8)24-2/h4-7,10,12H,3H2,1-2H3/t10-,12+/m0/s1. The zero-order chi connectivity index (χ0) is 18.1. The van der Waals surface area contributed by atoms with Gasteiger partial charge in [-0.1, -0.05) is 6.07 Å². The highest BCUT2D eigenvalue weighted by Gasteiger charge is 2.59. The first-order chi connectivity index (χ1) is 12.0. The van der Waals surface area contributed by atoms with E-state index in [9.17, 15) is 19.3 Å². The lowest BCUT2D eigenvalue weighted by Crippen LogP contribution is -2.36. The van der Waals surface area contributed by atoms with Crippen molar-refractivity contribution in [2.75, 3.05) is 18.6 Å². The van der Waals surface area contributed by atoms with Crippen LogP contribution in [0.4, 0.5) is 5.69 Å². The van der Waals surface area contributed by atoms with Crippen molar-refractivity contribution in [1.29, 1.82) is 0 Å². The summed E-state index contributed by atoms with van der Waals surface area (Å²) < 4.78 is 9.93. The fourth-order valence-electron chi connectivity index (χ4n) is 2.84. The van der Waals surface area contributed by atoms with Gasteiger partial charge in [0.1, 0.15) is 11.7 Å². The number of nitrogens with zero attached hydrogens (tertiary/aromatic N) is 4. The first kappa shape index (κ1) is 16.6. The highest BCUT2D eigenvalue weighted by atomic mass is 16.5. The summed E-state index contributed by atoms with van der Waals surface area (Å²) in [5.41, 5.74) is -0.0481. The Balaban J connectivity index is 2.00. The van der Waals surface area contributed by atoms with Crippen LogP contribution in [0.5, 0.6) is 5.75 Å². The number of fused-ring (bicyclic) bond motifs is 1. The quantitative estimate of drug-likeness (QED) is 0.432. The van der Waals surface area contributed by atoms with Gasteiger partial charge in [-0.05, 0) is 19.1 Å². The van der Waals surface area contributed by atoms with Crippen molar-refractivity contribution in [1.82, 2.24) is 5.12 Å². The monoisotopic (exact) mass is 346 g/mol. The molecule has 10 heteroatoms. The molecule has 0 saturated carbocycles. The van der Waals surface area contributed by atoms with E-state index < -0.39 is 29.7 Å². The Bertz CT molecular complexity index is 792. The van der Waals surface area contributed by atoms with Crippen molar-refractivity contribution in [3.63, 3.8) is 0 Å². The third-order valence-corrected chi connectivity index (χ3v) is 3.91. The van der Waals surface area contributed by atoms with Gasteiger partial charge in [-0.3, -0.25) is 9.59 Å². The lowest BCUT2D eigenvalue weighted by atomic mass is 9.98. The van der Waals surface area contributed by atoms with Gasteiger partial charge in [0, 0.05) is 6.07 Å². The molecule has 2 amide bonds. The summed E-state index contributed by atoms with van der Waals surface area (Å²) in [6.45, 7) is 1.65. The molecule has 2 atom stereocenters. The Hall–Kier alpha value is -3.30. The van der Waals surface area contributed by atoms with Crippen LogP contribution in [-0.4, -0.2) is 48.4 Å². The molecule has 10 nitrogen and oxygen atoms in total. The van der Waals surface area contributed by atoms with E-state index in [1.807, 2.05) is 0 Å². The number of hydrazone groups is 1. The molecule has 0 aromatic heterocycles. The first-order valence-corrected chi connectivity index (χ1v) is 7.43. The van der Waals surface area contributed by atoms with Gasteiger partial charge in [-0.15, -0.1) is 15.1 Å². The fourth-order valence-corrected chi connectivity index (χ4v) is 2.84. The topological polar surface area (TPSA) is 118 Å². The second-order valence-electron chi connectivity index (χ2n) is 5.24. The van der Waals surface area contributed by atoms with Crippen LogP contribution in [0.15, 0.2) is 34.7 Å². The van der Waals surface area contributed by atoms with Crippen LogP contribution in [-0.2, 0) is 19.1 Å². The van der Waals surface area contributed by atoms with Crippen LogP contribution in [0.2, 0.25) is 0 Å². The van der Waals surface area contributed by atoms with Gasteiger partial charge < -0.3 is 9.47 Å². The van der Waals surface area contributed by atoms with E-state index in [-0.39, 0.29) is 18.0 Å². The highest BCUT2D eigenvalue weighted by molar-refractivity contribution is 6.46. The second kappa shape index (κ2) is 6.30. The number of ether oxygens (including phenoxy) is 2. The van der Waals surface area contributed by atoms with Crippen molar-refractivity contribution in [2.45, 2.75) is 13.0 Å². The van der Waals surface area contributed by atoms with Gasteiger partial charge >= 0.3 is 5.97 Å². The van der Waals surface area contributed by atoms with E-state index in [1.54, 1.807) is 25.1 Å². The molecule has 1 fully saturated rings. The zero-order valence-corrected chi connectivity index (χ0v) is 13.4. The molecular weight excluding hydrogens is 332 g/mol. The number of hydrogen-bond donors (Lipinski definition) is 0. The van der Waals surface area contributed by atoms with E-state index >= 15 is 0 Å².